The van der Waals surface area contributed by atoms with E-state index in [1.807, 2.05) is 0 Å². The monoisotopic (exact) mass is 209 g/mol. The van der Waals surface area contributed by atoms with E-state index < -0.39 is 0 Å². The van der Waals surface area contributed by atoms with Gasteiger partial charge in [0.1, 0.15) is 5.52 Å². The predicted octanol–water partition coefficient (Wildman–Crippen LogP) is -0.0697. The summed E-state index contributed by atoms with van der Waals surface area (Å²) in [6.45, 7) is 0. The van der Waals surface area contributed by atoms with Crippen LogP contribution in [0.15, 0.2) is 17.7 Å². The van der Waals surface area contributed by atoms with Gasteiger partial charge in [0.2, 0.25) is 5.91 Å². The first-order chi connectivity index (χ1) is 6.75. The molecule has 0 saturated carbocycles. The molecule has 2 aromatic rings. The Kier molecular flexibility index (Phi) is 2.32. The first-order valence-corrected chi connectivity index (χ1v) is 4.81. The molecule has 72 valence electrons. The topological polar surface area (TPSA) is 97.5 Å². The van der Waals surface area contributed by atoms with E-state index in [1.165, 1.54) is 11.8 Å². The number of hydrogen-bond donors (Lipinski definition) is 2. The zero-order valence-electron chi connectivity index (χ0n) is 7.10. The van der Waals surface area contributed by atoms with Gasteiger partial charge in [-0.1, -0.05) is 11.8 Å². The summed E-state index contributed by atoms with van der Waals surface area (Å²) >= 11 is 1.20. The summed E-state index contributed by atoms with van der Waals surface area (Å²) in [6.07, 6.45) is 3.14. The minimum Gasteiger partial charge on any atom is -0.369 e. The molecule has 0 aliphatic rings. The number of aromatic nitrogens is 4. The van der Waals surface area contributed by atoms with Gasteiger partial charge in [-0.15, -0.1) is 0 Å². The van der Waals surface area contributed by atoms with Gasteiger partial charge in [-0.05, 0) is 0 Å². The van der Waals surface area contributed by atoms with Crippen molar-refractivity contribution in [2.75, 3.05) is 5.75 Å². The van der Waals surface area contributed by atoms with Gasteiger partial charge < -0.3 is 10.7 Å². The second-order valence-corrected chi connectivity index (χ2v) is 3.49. The summed E-state index contributed by atoms with van der Waals surface area (Å²) in [5, 5.41) is 0.514. The van der Waals surface area contributed by atoms with Gasteiger partial charge in [0.25, 0.3) is 0 Å². The molecule has 3 N–H and O–H groups in total. The van der Waals surface area contributed by atoms with Crippen LogP contribution in [0.25, 0.3) is 11.2 Å². The lowest BCUT2D eigenvalue weighted by molar-refractivity contribution is -0.115. The van der Waals surface area contributed by atoms with E-state index in [0.29, 0.717) is 16.3 Å². The van der Waals surface area contributed by atoms with Gasteiger partial charge in [-0.25, -0.2) is 15.0 Å². The second kappa shape index (κ2) is 3.62. The number of rotatable bonds is 3. The SMILES string of the molecule is NC(=O)CSc1ncc2nc[nH]c2n1. The van der Waals surface area contributed by atoms with Crippen LogP contribution >= 0.6 is 11.8 Å². The molecule has 0 spiro atoms. The maximum absolute atomic E-state index is 10.5. The zero-order chi connectivity index (χ0) is 9.97. The molecule has 0 aromatic carbocycles. The van der Waals surface area contributed by atoms with Crippen LogP contribution in [0.3, 0.4) is 0 Å². The van der Waals surface area contributed by atoms with E-state index in [4.69, 9.17) is 5.73 Å². The molecule has 0 aliphatic carbocycles. The zero-order valence-corrected chi connectivity index (χ0v) is 7.91. The average Bonchev–Trinajstić information content (AvgIpc) is 2.61. The Balaban J connectivity index is 2.21. The summed E-state index contributed by atoms with van der Waals surface area (Å²) in [5.74, 6) is -0.206. The molecule has 6 nitrogen and oxygen atoms in total. The Hall–Kier alpha value is -1.63. The number of hydrogen-bond acceptors (Lipinski definition) is 5. The van der Waals surface area contributed by atoms with Crippen LogP contribution in [-0.4, -0.2) is 31.6 Å². The molecule has 0 aliphatic heterocycles. The van der Waals surface area contributed by atoms with Crippen molar-refractivity contribution in [3.05, 3.63) is 12.5 Å². The summed E-state index contributed by atoms with van der Waals surface area (Å²) < 4.78 is 0. The molecule has 0 fully saturated rings. The number of thioether (sulfide) groups is 1. The molecule has 0 unspecified atom stereocenters. The highest BCUT2D eigenvalue weighted by Crippen LogP contribution is 2.13. The van der Waals surface area contributed by atoms with Gasteiger partial charge in [0.05, 0.1) is 18.3 Å². The lowest BCUT2D eigenvalue weighted by Crippen LogP contribution is -2.13. The number of fused-ring (bicyclic) bond motifs is 1. The van der Waals surface area contributed by atoms with Crippen LogP contribution in [0, 0.1) is 0 Å². The highest BCUT2D eigenvalue weighted by molar-refractivity contribution is 7.99. The maximum Gasteiger partial charge on any atom is 0.227 e. The minimum absolute atomic E-state index is 0.180. The average molecular weight is 209 g/mol. The van der Waals surface area contributed by atoms with Crippen LogP contribution in [0.2, 0.25) is 0 Å². The highest BCUT2D eigenvalue weighted by atomic mass is 32.2. The summed E-state index contributed by atoms with van der Waals surface area (Å²) in [7, 11) is 0. The fourth-order valence-corrected chi connectivity index (χ4v) is 1.48. The van der Waals surface area contributed by atoms with Crippen molar-refractivity contribution in [2.24, 2.45) is 5.73 Å². The molecule has 2 rings (SSSR count). The van der Waals surface area contributed by atoms with Crippen LogP contribution < -0.4 is 5.73 Å². The molecule has 0 radical (unpaired) electrons. The molecule has 14 heavy (non-hydrogen) atoms. The van der Waals surface area contributed by atoms with Crippen molar-refractivity contribution in [1.29, 1.82) is 0 Å². The smallest absolute Gasteiger partial charge is 0.227 e. The Labute approximate surface area is 83.3 Å². The van der Waals surface area contributed by atoms with Crippen LogP contribution in [0.4, 0.5) is 0 Å². The number of carbonyl (C=O) groups is 1. The van der Waals surface area contributed by atoms with Gasteiger partial charge >= 0.3 is 0 Å². The van der Waals surface area contributed by atoms with Crippen molar-refractivity contribution in [2.45, 2.75) is 5.16 Å². The van der Waals surface area contributed by atoms with Crippen molar-refractivity contribution < 1.29 is 4.79 Å². The van der Waals surface area contributed by atoms with Crippen molar-refractivity contribution >= 4 is 28.8 Å². The number of aromatic amines is 1. The molecule has 0 bridgehead atoms. The van der Waals surface area contributed by atoms with Gasteiger partial charge in [0.15, 0.2) is 10.8 Å². The summed E-state index contributed by atoms with van der Waals surface area (Å²) in [5.41, 5.74) is 6.36. The molecule has 2 aromatic heterocycles. The van der Waals surface area contributed by atoms with E-state index in [2.05, 4.69) is 19.9 Å². The fraction of sp³-hybridized carbons (Fsp3) is 0.143. The van der Waals surface area contributed by atoms with Crippen LogP contribution in [0.1, 0.15) is 0 Å². The van der Waals surface area contributed by atoms with E-state index in [-0.39, 0.29) is 11.7 Å². The molecule has 1 amide bonds. The molecular formula is C7H7N5OS. The third-order valence-corrected chi connectivity index (χ3v) is 2.38. The normalized spacial score (nSPS) is 10.6. The third kappa shape index (κ3) is 1.82. The number of nitrogens with one attached hydrogen (secondary N) is 1. The Morgan fingerprint density at radius 2 is 2.43 bits per heavy atom. The van der Waals surface area contributed by atoms with Crippen LogP contribution in [-0.2, 0) is 4.79 Å². The summed E-state index contributed by atoms with van der Waals surface area (Å²) in [4.78, 5) is 25.5. The first-order valence-electron chi connectivity index (χ1n) is 3.83. The number of nitrogens with two attached hydrogens (primary N) is 1. The molecule has 0 saturated heterocycles. The Morgan fingerprint density at radius 3 is 3.21 bits per heavy atom. The fourth-order valence-electron chi connectivity index (χ4n) is 0.928. The number of primary amides is 1. The lowest BCUT2D eigenvalue weighted by Gasteiger charge is -1.95. The largest absolute Gasteiger partial charge is 0.369 e. The van der Waals surface area contributed by atoms with E-state index in [1.54, 1.807) is 12.5 Å². The Bertz CT molecular complexity index is 468. The third-order valence-electron chi connectivity index (χ3n) is 1.50. The van der Waals surface area contributed by atoms with Crippen molar-refractivity contribution in [3.63, 3.8) is 0 Å². The van der Waals surface area contributed by atoms with Gasteiger partial charge in [-0.2, -0.15) is 0 Å². The Morgan fingerprint density at radius 1 is 1.57 bits per heavy atom. The molecule has 7 heteroatoms. The first kappa shape index (κ1) is 8.95. The summed E-state index contributed by atoms with van der Waals surface area (Å²) in [6, 6.07) is 0. The lowest BCUT2D eigenvalue weighted by atomic mass is 10.6. The highest BCUT2D eigenvalue weighted by Gasteiger charge is 2.03. The van der Waals surface area contributed by atoms with Crippen LogP contribution in [0.5, 0.6) is 0 Å². The standard InChI is InChI=1S/C7H7N5OS/c8-5(13)2-14-7-9-1-4-6(12-7)11-3-10-4/h1,3H,2H2,(H2,8,13)(H,9,10,11,12). The molecular weight excluding hydrogens is 202 g/mol. The molecule has 2 heterocycles. The number of carbonyl (C=O) groups excluding carboxylic acids is 1. The quantitative estimate of drug-likeness (QED) is 0.544. The predicted molar refractivity (Wildman–Crippen MR) is 51.6 cm³/mol. The number of imidazole rings is 1. The number of nitrogens with zero attached hydrogens (tertiary/aromatic N) is 3. The van der Waals surface area contributed by atoms with E-state index in [9.17, 15) is 4.79 Å². The maximum atomic E-state index is 10.5. The van der Waals surface area contributed by atoms with Crippen molar-refractivity contribution in [3.8, 4) is 0 Å². The van der Waals surface area contributed by atoms with Gasteiger partial charge in [-0.3, -0.25) is 4.79 Å². The second-order valence-electron chi connectivity index (χ2n) is 2.54. The van der Waals surface area contributed by atoms with E-state index in [0.717, 1.165) is 0 Å². The number of H-pyrrole nitrogens is 1. The molecule has 0 atom stereocenters. The number of amides is 1. The van der Waals surface area contributed by atoms with E-state index >= 15 is 0 Å². The van der Waals surface area contributed by atoms with Gasteiger partial charge in [0, 0.05) is 0 Å². The minimum atomic E-state index is -0.386. The van der Waals surface area contributed by atoms with Crippen molar-refractivity contribution in [1.82, 2.24) is 19.9 Å².